The summed E-state index contributed by atoms with van der Waals surface area (Å²) in [5, 5.41) is 0. The van der Waals surface area contributed by atoms with E-state index in [1.807, 2.05) is 17.0 Å². The van der Waals surface area contributed by atoms with Crippen LogP contribution >= 0.6 is 15.9 Å². The Morgan fingerprint density at radius 3 is 2.70 bits per heavy atom. The number of nitrogens with zero attached hydrogens (tertiary/aromatic N) is 2. The third kappa shape index (κ3) is 4.94. The predicted molar refractivity (Wildman–Crippen MR) is 104 cm³/mol. The largest absolute Gasteiger partial charge is 0.453 e. The molecule has 3 aliphatic heterocycles. The second-order valence-corrected chi connectivity index (χ2v) is 8.81. The SMILES string of the molecule is O=C(COC1CCOC2(CCN(Cc3ccc(Br)o3)CC2)C1)N1CCCC1. The van der Waals surface area contributed by atoms with Crippen molar-refractivity contribution in [2.75, 3.05) is 39.4 Å². The van der Waals surface area contributed by atoms with Crippen LogP contribution in [0.4, 0.5) is 0 Å². The molecular formula is C20H29BrN2O4. The first-order valence-electron chi connectivity index (χ1n) is 10.1. The van der Waals surface area contributed by atoms with E-state index in [9.17, 15) is 4.79 Å². The van der Waals surface area contributed by atoms with Crippen molar-refractivity contribution in [3.05, 3.63) is 22.6 Å². The minimum atomic E-state index is -0.0835. The minimum absolute atomic E-state index is 0.0835. The van der Waals surface area contributed by atoms with Crippen LogP contribution in [0.2, 0.25) is 0 Å². The summed E-state index contributed by atoms with van der Waals surface area (Å²) in [5.41, 5.74) is -0.0835. The summed E-state index contributed by atoms with van der Waals surface area (Å²) < 4.78 is 18.6. The number of furan rings is 1. The number of carbonyl (C=O) groups is 1. The van der Waals surface area contributed by atoms with Gasteiger partial charge in [0.2, 0.25) is 5.91 Å². The Morgan fingerprint density at radius 1 is 1.22 bits per heavy atom. The Labute approximate surface area is 169 Å². The molecule has 27 heavy (non-hydrogen) atoms. The summed E-state index contributed by atoms with van der Waals surface area (Å²) in [5.74, 6) is 1.14. The van der Waals surface area contributed by atoms with E-state index in [0.29, 0.717) is 0 Å². The van der Waals surface area contributed by atoms with Crippen LogP contribution in [-0.4, -0.2) is 66.8 Å². The van der Waals surface area contributed by atoms with Gasteiger partial charge >= 0.3 is 0 Å². The van der Waals surface area contributed by atoms with E-state index >= 15 is 0 Å². The van der Waals surface area contributed by atoms with Gasteiger partial charge in [0.05, 0.1) is 18.2 Å². The van der Waals surface area contributed by atoms with Crippen LogP contribution in [0.25, 0.3) is 0 Å². The molecular weight excluding hydrogens is 412 g/mol. The minimum Gasteiger partial charge on any atom is -0.453 e. The monoisotopic (exact) mass is 440 g/mol. The molecule has 150 valence electrons. The fourth-order valence-electron chi connectivity index (χ4n) is 4.50. The number of rotatable bonds is 5. The Bertz CT molecular complexity index is 636. The topological polar surface area (TPSA) is 55.2 Å². The molecule has 7 heteroatoms. The average Bonchev–Trinajstić information content (AvgIpc) is 3.34. The maximum Gasteiger partial charge on any atom is 0.248 e. The van der Waals surface area contributed by atoms with Gasteiger partial charge in [0, 0.05) is 39.2 Å². The summed E-state index contributed by atoms with van der Waals surface area (Å²) in [6, 6.07) is 3.96. The van der Waals surface area contributed by atoms with Crippen molar-refractivity contribution in [2.24, 2.45) is 0 Å². The summed E-state index contributed by atoms with van der Waals surface area (Å²) in [6.45, 7) is 5.57. The normalized spacial score (nSPS) is 26.0. The number of carbonyl (C=O) groups excluding carboxylic acids is 1. The summed E-state index contributed by atoms with van der Waals surface area (Å²) in [6.07, 6.45) is 6.19. The van der Waals surface area contributed by atoms with Crippen LogP contribution in [0, 0.1) is 0 Å². The lowest BCUT2D eigenvalue weighted by molar-refractivity contribution is -0.163. The summed E-state index contributed by atoms with van der Waals surface area (Å²) in [4.78, 5) is 16.6. The Kier molecular flexibility index (Phi) is 6.21. The molecule has 1 amide bonds. The molecule has 1 aromatic rings. The molecule has 4 heterocycles. The molecule has 0 bridgehead atoms. The smallest absolute Gasteiger partial charge is 0.248 e. The second kappa shape index (κ2) is 8.64. The lowest BCUT2D eigenvalue weighted by Crippen LogP contribution is -2.50. The molecule has 3 fully saturated rings. The van der Waals surface area contributed by atoms with E-state index in [1.54, 1.807) is 0 Å². The fraction of sp³-hybridized carbons (Fsp3) is 0.750. The molecule has 0 N–H and O–H groups in total. The zero-order valence-corrected chi connectivity index (χ0v) is 17.4. The van der Waals surface area contributed by atoms with Crippen molar-refractivity contribution < 1.29 is 18.7 Å². The first-order valence-corrected chi connectivity index (χ1v) is 10.9. The molecule has 0 saturated carbocycles. The molecule has 1 spiro atoms. The number of hydrogen-bond acceptors (Lipinski definition) is 5. The highest BCUT2D eigenvalue weighted by Gasteiger charge is 2.41. The second-order valence-electron chi connectivity index (χ2n) is 8.03. The molecule has 4 rings (SSSR count). The van der Waals surface area contributed by atoms with Gasteiger partial charge in [-0.2, -0.15) is 0 Å². The number of ether oxygens (including phenoxy) is 2. The Hall–Kier alpha value is -0.890. The molecule has 3 saturated heterocycles. The van der Waals surface area contributed by atoms with Crippen molar-refractivity contribution in [2.45, 2.75) is 56.8 Å². The standard InChI is InChI=1S/C20H29BrN2O4/c21-18-4-3-17(27-18)14-22-10-6-20(7-11-22)13-16(5-12-26-20)25-15-19(24)23-8-1-2-9-23/h3-4,16H,1-2,5-15H2. The molecule has 0 aromatic carbocycles. The van der Waals surface area contributed by atoms with Gasteiger partial charge in [0.25, 0.3) is 0 Å². The van der Waals surface area contributed by atoms with Gasteiger partial charge in [-0.3, -0.25) is 9.69 Å². The lowest BCUT2D eigenvalue weighted by Gasteiger charge is -2.46. The number of halogens is 1. The Morgan fingerprint density at radius 2 is 2.00 bits per heavy atom. The molecule has 1 aromatic heterocycles. The quantitative estimate of drug-likeness (QED) is 0.703. The van der Waals surface area contributed by atoms with E-state index < -0.39 is 0 Å². The van der Waals surface area contributed by atoms with E-state index in [1.165, 1.54) is 0 Å². The molecule has 1 unspecified atom stereocenters. The van der Waals surface area contributed by atoms with E-state index in [4.69, 9.17) is 13.9 Å². The van der Waals surface area contributed by atoms with Crippen molar-refractivity contribution in [3.63, 3.8) is 0 Å². The first-order chi connectivity index (χ1) is 13.1. The molecule has 0 aliphatic carbocycles. The molecule has 6 nitrogen and oxygen atoms in total. The number of likely N-dealkylation sites (tertiary alicyclic amines) is 2. The van der Waals surface area contributed by atoms with Gasteiger partial charge in [-0.15, -0.1) is 0 Å². The van der Waals surface area contributed by atoms with Crippen molar-refractivity contribution >= 4 is 21.8 Å². The van der Waals surface area contributed by atoms with Crippen LogP contribution in [0.3, 0.4) is 0 Å². The third-order valence-electron chi connectivity index (χ3n) is 6.12. The van der Waals surface area contributed by atoms with Crippen LogP contribution in [0.1, 0.15) is 44.3 Å². The van der Waals surface area contributed by atoms with Crippen LogP contribution in [-0.2, 0) is 20.8 Å². The fourth-order valence-corrected chi connectivity index (χ4v) is 4.84. The van der Waals surface area contributed by atoms with Gasteiger partial charge in [0.1, 0.15) is 12.4 Å². The van der Waals surface area contributed by atoms with Gasteiger partial charge < -0.3 is 18.8 Å². The Balaban J connectivity index is 1.23. The number of amides is 1. The highest BCUT2D eigenvalue weighted by Crippen LogP contribution is 2.36. The van der Waals surface area contributed by atoms with E-state index in [-0.39, 0.29) is 24.2 Å². The third-order valence-corrected chi connectivity index (χ3v) is 6.55. The first kappa shape index (κ1) is 19.4. The average molecular weight is 441 g/mol. The van der Waals surface area contributed by atoms with E-state index in [2.05, 4.69) is 20.8 Å². The maximum absolute atomic E-state index is 12.2. The summed E-state index contributed by atoms with van der Waals surface area (Å²) >= 11 is 3.36. The van der Waals surface area contributed by atoms with Crippen molar-refractivity contribution in [1.82, 2.24) is 9.80 Å². The highest BCUT2D eigenvalue weighted by molar-refractivity contribution is 9.10. The van der Waals surface area contributed by atoms with Gasteiger partial charge in [-0.1, -0.05) is 0 Å². The molecule has 3 aliphatic rings. The number of piperidine rings is 1. The van der Waals surface area contributed by atoms with Gasteiger partial charge in [0.15, 0.2) is 4.67 Å². The van der Waals surface area contributed by atoms with Crippen molar-refractivity contribution in [3.8, 4) is 0 Å². The number of hydrogen-bond donors (Lipinski definition) is 0. The van der Waals surface area contributed by atoms with Crippen LogP contribution < -0.4 is 0 Å². The van der Waals surface area contributed by atoms with Crippen LogP contribution in [0.5, 0.6) is 0 Å². The van der Waals surface area contributed by atoms with Crippen LogP contribution in [0.15, 0.2) is 21.2 Å². The van der Waals surface area contributed by atoms with Crippen molar-refractivity contribution in [1.29, 1.82) is 0 Å². The van der Waals surface area contributed by atoms with E-state index in [0.717, 1.165) is 88.3 Å². The van der Waals surface area contributed by atoms with Gasteiger partial charge in [-0.05, 0) is 60.2 Å². The highest BCUT2D eigenvalue weighted by atomic mass is 79.9. The zero-order valence-electron chi connectivity index (χ0n) is 15.8. The predicted octanol–water partition coefficient (Wildman–Crippen LogP) is 3.19. The zero-order chi connectivity index (χ0) is 18.7. The maximum atomic E-state index is 12.2. The molecule has 0 radical (unpaired) electrons. The summed E-state index contributed by atoms with van der Waals surface area (Å²) in [7, 11) is 0. The molecule has 1 atom stereocenters. The lowest BCUT2D eigenvalue weighted by atomic mass is 9.83. The van der Waals surface area contributed by atoms with Gasteiger partial charge in [-0.25, -0.2) is 0 Å².